The van der Waals surface area contributed by atoms with Crippen LogP contribution in [0.3, 0.4) is 0 Å². The van der Waals surface area contributed by atoms with E-state index in [4.69, 9.17) is 0 Å². The first-order valence-electron chi connectivity index (χ1n) is 8.47. The molecule has 0 fully saturated rings. The minimum Gasteiger partial charge on any atom is -0.309 e. The van der Waals surface area contributed by atoms with Gasteiger partial charge in [0.15, 0.2) is 0 Å². The van der Waals surface area contributed by atoms with Crippen molar-refractivity contribution in [3.05, 3.63) is 102 Å². The normalized spacial score (nSPS) is 10.9. The van der Waals surface area contributed by atoms with Crippen LogP contribution in [0.15, 0.2) is 90.0 Å². The predicted molar refractivity (Wildman–Crippen MR) is 106 cm³/mol. The van der Waals surface area contributed by atoms with Gasteiger partial charge in [-0.25, -0.2) is 0 Å². The van der Waals surface area contributed by atoms with Gasteiger partial charge in [-0.15, -0.1) is 0 Å². The lowest BCUT2D eigenvalue weighted by Gasteiger charge is -2.13. The number of anilines is 1. The van der Waals surface area contributed by atoms with E-state index >= 15 is 0 Å². The molecule has 3 nitrogen and oxygen atoms in total. The summed E-state index contributed by atoms with van der Waals surface area (Å²) >= 11 is 0. The summed E-state index contributed by atoms with van der Waals surface area (Å²) in [6.07, 6.45) is 1.87. The quantitative estimate of drug-likeness (QED) is 0.512. The van der Waals surface area contributed by atoms with E-state index in [2.05, 4.69) is 58.9 Å². The molecule has 0 amide bonds. The molecule has 0 heterocycles. The van der Waals surface area contributed by atoms with Gasteiger partial charge in [-0.1, -0.05) is 72.8 Å². The van der Waals surface area contributed by atoms with Crippen LogP contribution in [0.4, 0.5) is 5.69 Å². The molecule has 1 N–H and O–H groups in total. The Bertz CT molecular complexity index is 781. The molecule has 0 bridgehead atoms. The molecule has 126 valence electrons. The predicted octanol–water partition coefficient (Wildman–Crippen LogP) is 4.45. The highest BCUT2D eigenvalue weighted by Gasteiger charge is 1.99. The minimum atomic E-state index is 0.853. The first kappa shape index (κ1) is 16.9. The monoisotopic (exact) mass is 329 g/mol. The maximum absolute atomic E-state index is 4.49. The van der Waals surface area contributed by atoms with Gasteiger partial charge in [-0.2, -0.15) is 5.10 Å². The van der Waals surface area contributed by atoms with E-state index in [9.17, 15) is 0 Å². The Morgan fingerprint density at radius 3 is 1.96 bits per heavy atom. The lowest BCUT2D eigenvalue weighted by atomic mass is 10.2. The van der Waals surface area contributed by atoms with Crippen molar-refractivity contribution in [2.75, 3.05) is 12.1 Å². The van der Waals surface area contributed by atoms with Crippen molar-refractivity contribution in [1.82, 2.24) is 5.32 Å². The molecular formula is C22H23N3. The fourth-order valence-corrected chi connectivity index (χ4v) is 2.54. The zero-order chi connectivity index (χ0) is 17.3. The maximum atomic E-state index is 4.49. The summed E-state index contributed by atoms with van der Waals surface area (Å²) < 4.78 is 0. The first-order valence-corrected chi connectivity index (χ1v) is 8.47. The smallest absolute Gasteiger partial charge is 0.0590 e. The molecule has 0 spiro atoms. The van der Waals surface area contributed by atoms with Crippen molar-refractivity contribution >= 4 is 11.9 Å². The van der Waals surface area contributed by atoms with Crippen molar-refractivity contribution in [2.24, 2.45) is 5.10 Å². The molecule has 0 aliphatic rings. The Morgan fingerprint density at radius 1 is 0.760 bits per heavy atom. The van der Waals surface area contributed by atoms with Crippen molar-refractivity contribution in [3.8, 4) is 0 Å². The van der Waals surface area contributed by atoms with Gasteiger partial charge in [-0.3, -0.25) is 5.01 Å². The summed E-state index contributed by atoms with van der Waals surface area (Å²) in [5.74, 6) is 0. The molecule has 3 aromatic rings. The highest BCUT2D eigenvalue weighted by molar-refractivity contribution is 5.80. The van der Waals surface area contributed by atoms with Gasteiger partial charge in [0.1, 0.15) is 0 Å². The Labute approximate surface area is 149 Å². The van der Waals surface area contributed by atoms with Crippen molar-refractivity contribution < 1.29 is 0 Å². The van der Waals surface area contributed by atoms with Gasteiger partial charge >= 0.3 is 0 Å². The molecule has 3 rings (SSSR count). The van der Waals surface area contributed by atoms with Crippen LogP contribution < -0.4 is 10.3 Å². The number of benzene rings is 3. The van der Waals surface area contributed by atoms with Crippen LogP contribution in [0.1, 0.15) is 16.7 Å². The second kappa shape index (κ2) is 8.81. The average Bonchev–Trinajstić information content (AvgIpc) is 2.68. The molecule has 3 aromatic carbocycles. The zero-order valence-electron chi connectivity index (χ0n) is 14.5. The average molecular weight is 329 g/mol. The van der Waals surface area contributed by atoms with Crippen LogP contribution in [-0.4, -0.2) is 13.3 Å². The van der Waals surface area contributed by atoms with Gasteiger partial charge in [-0.05, 0) is 28.8 Å². The molecule has 25 heavy (non-hydrogen) atoms. The van der Waals surface area contributed by atoms with E-state index in [1.165, 1.54) is 11.1 Å². The van der Waals surface area contributed by atoms with Crippen LogP contribution in [0.25, 0.3) is 0 Å². The van der Waals surface area contributed by atoms with E-state index < -0.39 is 0 Å². The molecular weight excluding hydrogens is 306 g/mol. The largest absolute Gasteiger partial charge is 0.309 e. The van der Waals surface area contributed by atoms with Crippen molar-refractivity contribution in [1.29, 1.82) is 0 Å². The molecule has 0 saturated carbocycles. The molecule has 0 atom stereocenters. The molecule has 0 saturated heterocycles. The van der Waals surface area contributed by atoms with E-state index in [-0.39, 0.29) is 0 Å². The number of hydrazone groups is 1. The minimum absolute atomic E-state index is 0.853. The Hall–Kier alpha value is -2.91. The third kappa shape index (κ3) is 5.30. The van der Waals surface area contributed by atoms with Gasteiger partial charge in [0, 0.05) is 20.1 Å². The summed E-state index contributed by atoms with van der Waals surface area (Å²) in [7, 11) is 1.96. The second-order valence-corrected chi connectivity index (χ2v) is 5.93. The first-order chi connectivity index (χ1) is 12.3. The van der Waals surface area contributed by atoms with Gasteiger partial charge in [0.05, 0.1) is 11.9 Å². The Morgan fingerprint density at radius 2 is 1.32 bits per heavy atom. The fourth-order valence-electron chi connectivity index (χ4n) is 2.54. The topological polar surface area (TPSA) is 27.6 Å². The van der Waals surface area contributed by atoms with Gasteiger partial charge in [0.25, 0.3) is 0 Å². The Kier molecular flexibility index (Phi) is 5.96. The molecule has 0 aliphatic carbocycles. The van der Waals surface area contributed by atoms with E-state index in [1.807, 2.05) is 54.7 Å². The third-order valence-corrected chi connectivity index (χ3v) is 3.99. The number of hydrogen-bond donors (Lipinski definition) is 1. The number of rotatable bonds is 7. The maximum Gasteiger partial charge on any atom is 0.0590 e. The highest BCUT2D eigenvalue weighted by atomic mass is 15.4. The SMILES string of the molecule is CN(N=Cc1ccccc1)c1ccc(CNCc2ccccc2)cc1. The van der Waals surface area contributed by atoms with Crippen LogP contribution in [0, 0.1) is 0 Å². The standard InChI is InChI=1S/C22H23N3/c1-25(24-18-20-10-6-3-7-11-20)22-14-12-21(13-15-22)17-23-16-19-8-4-2-5-9-19/h2-15,18,23H,16-17H2,1H3. The van der Waals surface area contributed by atoms with Gasteiger partial charge in [0.2, 0.25) is 0 Å². The van der Waals surface area contributed by atoms with Crippen LogP contribution in [0.5, 0.6) is 0 Å². The Balaban J connectivity index is 1.52. The molecule has 0 aliphatic heterocycles. The summed E-state index contributed by atoms with van der Waals surface area (Å²) in [5, 5.41) is 9.84. The number of nitrogens with one attached hydrogen (secondary N) is 1. The third-order valence-electron chi connectivity index (χ3n) is 3.99. The number of hydrogen-bond acceptors (Lipinski definition) is 3. The van der Waals surface area contributed by atoms with Crippen LogP contribution >= 0.6 is 0 Å². The van der Waals surface area contributed by atoms with Crippen LogP contribution in [-0.2, 0) is 13.1 Å². The summed E-state index contributed by atoms with van der Waals surface area (Å²) in [5.41, 5.74) is 4.73. The summed E-state index contributed by atoms with van der Waals surface area (Å²) in [4.78, 5) is 0. The van der Waals surface area contributed by atoms with E-state index in [1.54, 1.807) is 0 Å². The van der Waals surface area contributed by atoms with Crippen molar-refractivity contribution in [3.63, 3.8) is 0 Å². The van der Waals surface area contributed by atoms with Crippen molar-refractivity contribution in [2.45, 2.75) is 13.1 Å². The number of nitrogens with zero attached hydrogens (tertiary/aromatic N) is 2. The zero-order valence-corrected chi connectivity index (χ0v) is 14.5. The lowest BCUT2D eigenvalue weighted by Crippen LogP contribution is -2.13. The second-order valence-electron chi connectivity index (χ2n) is 5.93. The van der Waals surface area contributed by atoms with Gasteiger partial charge < -0.3 is 5.32 Å². The lowest BCUT2D eigenvalue weighted by molar-refractivity contribution is 0.693. The molecule has 3 heteroatoms. The molecule has 0 unspecified atom stereocenters. The van der Waals surface area contributed by atoms with E-state index in [0.29, 0.717) is 0 Å². The highest BCUT2D eigenvalue weighted by Crippen LogP contribution is 2.14. The van der Waals surface area contributed by atoms with E-state index in [0.717, 1.165) is 24.3 Å². The fraction of sp³-hybridized carbons (Fsp3) is 0.136. The summed E-state index contributed by atoms with van der Waals surface area (Å²) in [6, 6.07) is 29.0. The van der Waals surface area contributed by atoms with Crippen LogP contribution in [0.2, 0.25) is 0 Å². The summed E-state index contributed by atoms with van der Waals surface area (Å²) in [6.45, 7) is 1.73. The molecule has 0 aromatic heterocycles. The molecule has 0 radical (unpaired) electrons.